The quantitative estimate of drug-likeness (QED) is 0.602. The summed E-state index contributed by atoms with van der Waals surface area (Å²) in [5.41, 5.74) is 1.18. The second-order valence-corrected chi connectivity index (χ2v) is 5.52. The molecule has 0 aromatic heterocycles. The first-order chi connectivity index (χ1) is 10.2. The van der Waals surface area contributed by atoms with Gasteiger partial charge in [0, 0.05) is 15.5 Å². The maximum absolute atomic E-state index is 12.2. The highest BCUT2D eigenvalue weighted by Gasteiger charge is 2.15. The maximum Gasteiger partial charge on any atom is 0.342 e. The molecule has 2 rings (SSSR count). The van der Waals surface area contributed by atoms with Crippen LogP contribution in [0.3, 0.4) is 0 Å². The van der Waals surface area contributed by atoms with Crippen LogP contribution in [0.15, 0.2) is 47.4 Å². The second-order valence-electron chi connectivity index (χ2n) is 4.23. The Morgan fingerprint density at radius 3 is 2.67 bits per heavy atom. The van der Waals surface area contributed by atoms with Crippen molar-refractivity contribution in [2.75, 3.05) is 13.4 Å². The van der Waals surface area contributed by atoms with E-state index in [0.717, 1.165) is 10.5 Å². The van der Waals surface area contributed by atoms with Gasteiger partial charge >= 0.3 is 5.97 Å². The van der Waals surface area contributed by atoms with Crippen LogP contribution >= 0.6 is 23.4 Å². The molecule has 0 N–H and O–H groups in total. The zero-order valence-corrected chi connectivity index (χ0v) is 13.3. The van der Waals surface area contributed by atoms with E-state index >= 15 is 0 Å². The fraction of sp³-hybridized carbons (Fsp3) is 0.188. The minimum Gasteiger partial charge on any atom is -0.496 e. The van der Waals surface area contributed by atoms with Crippen LogP contribution in [0.4, 0.5) is 0 Å². The summed E-state index contributed by atoms with van der Waals surface area (Å²) in [6, 6.07) is 12.7. The van der Waals surface area contributed by atoms with Crippen molar-refractivity contribution in [1.82, 2.24) is 0 Å². The lowest BCUT2D eigenvalue weighted by Crippen LogP contribution is -2.07. The predicted molar refractivity (Wildman–Crippen MR) is 85.3 cm³/mol. The van der Waals surface area contributed by atoms with Gasteiger partial charge in [0.1, 0.15) is 17.9 Å². The van der Waals surface area contributed by atoms with E-state index < -0.39 is 5.97 Å². The van der Waals surface area contributed by atoms with Crippen molar-refractivity contribution in [3.8, 4) is 5.75 Å². The molecule has 0 bridgehead atoms. The van der Waals surface area contributed by atoms with Crippen molar-refractivity contribution in [1.29, 1.82) is 0 Å². The Balaban J connectivity index is 2.12. The van der Waals surface area contributed by atoms with E-state index in [0.29, 0.717) is 16.3 Å². The van der Waals surface area contributed by atoms with Gasteiger partial charge < -0.3 is 9.47 Å². The van der Waals surface area contributed by atoms with E-state index in [1.54, 1.807) is 23.9 Å². The zero-order valence-electron chi connectivity index (χ0n) is 11.8. The Morgan fingerprint density at radius 2 is 2.00 bits per heavy atom. The third-order valence-corrected chi connectivity index (χ3v) is 4.04. The third-order valence-electron chi connectivity index (χ3n) is 2.95. The van der Waals surface area contributed by atoms with Gasteiger partial charge in [-0.2, -0.15) is 0 Å². The first-order valence-corrected chi connectivity index (χ1v) is 7.88. The van der Waals surface area contributed by atoms with Crippen LogP contribution in [0.1, 0.15) is 15.9 Å². The summed E-state index contributed by atoms with van der Waals surface area (Å²) in [5, 5.41) is 0.579. The summed E-state index contributed by atoms with van der Waals surface area (Å²) in [4.78, 5) is 13.2. The number of halogens is 1. The normalized spacial score (nSPS) is 10.2. The van der Waals surface area contributed by atoms with Crippen LogP contribution in [0.2, 0.25) is 5.02 Å². The molecule has 0 aliphatic heterocycles. The Morgan fingerprint density at radius 1 is 1.24 bits per heavy atom. The first-order valence-electron chi connectivity index (χ1n) is 6.28. The summed E-state index contributed by atoms with van der Waals surface area (Å²) in [6.07, 6.45) is 1.96. The number of carbonyl (C=O) groups is 1. The Bertz CT molecular complexity index is 643. The molecule has 2 aromatic rings. The number of carbonyl (C=O) groups excluding carboxylic acids is 1. The summed E-state index contributed by atoms with van der Waals surface area (Å²) in [5.74, 6) is 0.0745. The van der Waals surface area contributed by atoms with E-state index in [1.807, 2.05) is 36.6 Å². The molecule has 0 saturated carbocycles. The minimum absolute atomic E-state index is 0.131. The molecule has 0 aliphatic carbocycles. The van der Waals surface area contributed by atoms with Crippen LogP contribution in [0.25, 0.3) is 0 Å². The SMILES string of the molecule is COc1cc(SC)ccc1C(=O)OCc1ccccc1Cl. The van der Waals surface area contributed by atoms with E-state index in [1.165, 1.54) is 7.11 Å². The number of ether oxygens (including phenoxy) is 2. The van der Waals surface area contributed by atoms with Crippen LogP contribution in [-0.4, -0.2) is 19.3 Å². The van der Waals surface area contributed by atoms with Gasteiger partial charge in [-0.05, 0) is 30.5 Å². The van der Waals surface area contributed by atoms with Crippen LogP contribution in [0.5, 0.6) is 5.75 Å². The number of hydrogen-bond acceptors (Lipinski definition) is 4. The zero-order chi connectivity index (χ0) is 15.2. The molecule has 5 heteroatoms. The maximum atomic E-state index is 12.2. The number of benzene rings is 2. The fourth-order valence-electron chi connectivity index (χ4n) is 1.80. The van der Waals surface area contributed by atoms with Crippen molar-refractivity contribution >= 4 is 29.3 Å². The average molecular weight is 323 g/mol. The standard InChI is InChI=1S/C16H15ClO3S/c1-19-15-9-12(21-2)7-8-13(15)16(18)20-10-11-5-3-4-6-14(11)17/h3-9H,10H2,1-2H3. The molecule has 0 radical (unpaired) electrons. The van der Waals surface area contributed by atoms with Gasteiger partial charge in [0.2, 0.25) is 0 Å². The largest absolute Gasteiger partial charge is 0.496 e. The number of methoxy groups -OCH3 is 1. The second kappa shape index (κ2) is 7.38. The molecule has 0 amide bonds. The van der Waals surface area contributed by atoms with Crippen molar-refractivity contribution in [3.05, 3.63) is 58.6 Å². The molecule has 0 saturated heterocycles. The minimum atomic E-state index is -0.431. The summed E-state index contributed by atoms with van der Waals surface area (Å²) in [7, 11) is 1.53. The first kappa shape index (κ1) is 15.7. The Hall–Kier alpha value is -1.65. The molecule has 0 fully saturated rings. The van der Waals surface area contributed by atoms with Crippen LogP contribution in [0, 0.1) is 0 Å². The lowest BCUT2D eigenvalue weighted by atomic mass is 10.2. The number of hydrogen-bond donors (Lipinski definition) is 0. The lowest BCUT2D eigenvalue weighted by molar-refractivity contribution is 0.0469. The van der Waals surface area contributed by atoms with E-state index in [-0.39, 0.29) is 6.61 Å². The molecule has 0 heterocycles. The summed E-state index contributed by atoms with van der Waals surface area (Å²) < 4.78 is 10.5. The highest BCUT2D eigenvalue weighted by atomic mass is 35.5. The third kappa shape index (κ3) is 3.93. The molecule has 21 heavy (non-hydrogen) atoms. The van der Waals surface area contributed by atoms with E-state index in [2.05, 4.69) is 0 Å². The number of thioether (sulfide) groups is 1. The van der Waals surface area contributed by atoms with Crippen LogP contribution in [-0.2, 0) is 11.3 Å². The van der Waals surface area contributed by atoms with Crippen LogP contribution < -0.4 is 4.74 Å². The summed E-state index contributed by atoms with van der Waals surface area (Å²) >= 11 is 7.61. The number of rotatable bonds is 5. The highest BCUT2D eigenvalue weighted by Crippen LogP contribution is 2.26. The van der Waals surface area contributed by atoms with Crippen molar-refractivity contribution in [2.45, 2.75) is 11.5 Å². The van der Waals surface area contributed by atoms with Gasteiger partial charge in [-0.3, -0.25) is 0 Å². The molecule has 110 valence electrons. The van der Waals surface area contributed by atoms with E-state index in [4.69, 9.17) is 21.1 Å². The van der Waals surface area contributed by atoms with Crippen molar-refractivity contribution in [3.63, 3.8) is 0 Å². The van der Waals surface area contributed by atoms with Gasteiger partial charge in [0.15, 0.2) is 0 Å². The molecule has 0 atom stereocenters. The predicted octanol–water partition coefficient (Wildman–Crippen LogP) is 4.43. The van der Waals surface area contributed by atoms with Gasteiger partial charge in [-0.25, -0.2) is 4.79 Å². The molecule has 0 unspecified atom stereocenters. The molecule has 3 nitrogen and oxygen atoms in total. The monoisotopic (exact) mass is 322 g/mol. The average Bonchev–Trinajstić information content (AvgIpc) is 2.53. The molecular formula is C16H15ClO3S. The van der Waals surface area contributed by atoms with E-state index in [9.17, 15) is 4.79 Å². The molecule has 0 aliphatic rings. The lowest BCUT2D eigenvalue weighted by Gasteiger charge is -2.10. The molecule has 0 spiro atoms. The van der Waals surface area contributed by atoms with Crippen molar-refractivity contribution < 1.29 is 14.3 Å². The molecular weight excluding hydrogens is 308 g/mol. The Labute approximate surface area is 133 Å². The topological polar surface area (TPSA) is 35.5 Å². The highest BCUT2D eigenvalue weighted by molar-refractivity contribution is 7.98. The van der Waals surface area contributed by atoms with Gasteiger partial charge in [-0.15, -0.1) is 11.8 Å². The fourth-order valence-corrected chi connectivity index (χ4v) is 2.42. The smallest absolute Gasteiger partial charge is 0.342 e. The molecule has 2 aromatic carbocycles. The van der Waals surface area contributed by atoms with Crippen molar-refractivity contribution in [2.24, 2.45) is 0 Å². The Kier molecular flexibility index (Phi) is 5.53. The summed E-state index contributed by atoms with van der Waals surface area (Å²) in [6.45, 7) is 0.131. The van der Waals surface area contributed by atoms with Gasteiger partial charge in [0.05, 0.1) is 7.11 Å². The van der Waals surface area contributed by atoms with Gasteiger partial charge in [0.25, 0.3) is 0 Å². The number of esters is 1. The van der Waals surface area contributed by atoms with Gasteiger partial charge in [-0.1, -0.05) is 29.8 Å².